The summed E-state index contributed by atoms with van der Waals surface area (Å²) in [5.74, 6) is 1.36. The molecule has 0 spiro atoms. The van der Waals surface area contributed by atoms with Gasteiger partial charge in [-0.1, -0.05) is 26.2 Å². The minimum Gasteiger partial charge on any atom is -0.383 e. The number of carbonyl (C=O) groups is 1. The van der Waals surface area contributed by atoms with Crippen LogP contribution >= 0.6 is 0 Å². The Bertz CT molecular complexity index is 263. The predicted molar refractivity (Wildman–Crippen MR) is 82.5 cm³/mol. The zero-order valence-corrected chi connectivity index (χ0v) is 13.3. The Morgan fingerprint density at radius 2 is 1.95 bits per heavy atom. The summed E-state index contributed by atoms with van der Waals surface area (Å²) in [6.07, 6.45) is 8.50. The molecule has 1 saturated carbocycles. The second kappa shape index (κ2) is 10.2. The Morgan fingerprint density at radius 3 is 2.50 bits per heavy atom. The second-order valence-corrected chi connectivity index (χ2v) is 5.97. The Morgan fingerprint density at radius 1 is 1.25 bits per heavy atom. The number of nitrogens with zero attached hydrogens (tertiary/aromatic N) is 1. The summed E-state index contributed by atoms with van der Waals surface area (Å²) in [7, 11) is 1.67. The number of hydrogen-bond donors (Lipinski definition) is 1. The number of unbranched alkanes of at least 4 members (excludes halogenated alkanes) is 1. The Balaban J connectivity index is 2.38. The Hall–Kier alpha value is -0.610. The van der Waals surface area contributed by atoms with Crippen LogP contribution in [0, 0.1) is 11.8 Å². The third-order valence-electron chi connectivity index (χ3n) is 4.44. The lowest BCUT2D eigenvalue weighted by atomic mass is 9.79. The van der Waals surface area contributed by atoms with Crippen LogP contribution in [0.5, 0.6) is 0 Å². The van der Waals surface area contributed by atoms with E-state index in [0.29, 0.717) is 32.1 Å². The van der Waals surface area contributed by atoms with Gasteiger partial charge in [-0.25, -0.2) is 0 Å². The average molecular weight is 284 g/mol. The molecule has 0 unspecified atom stereocenters. The molecule has 0 aliphatic heterocycles. The van der Waals surface area contributed by atoms with Crippen LogP contribution in [0.1, 0.15) is 51.9 Å². The van der Waals surface area contributed by atoms with Gasteiger partial charge in [0.1, 0.15) is 0 Å². The molecule has 1 fully saturated rings. The second-order valence-electron chi connectivity index (χ2n) is 5.97. The highest BCUT2D eigenvalue weighted by Gasteiger charge is 2.28. The highest BCUT2D eigenvalue weighted by molar-refractivity contribution is 5.79. The summed E-state index contributed by atoms with van der Waals surface area (Å²) in [5.41, 5.74) is 5.61. The van der Waals surface area contributed by atoms with Gasteiger partial charge < -0.3 is 15.4 Å². The number of rotatable bonds is 9. The summed E-state index contributed by atoms with van der Waals surface area (Å²) < 4.78 is 5.08. The van der Waals surface area contributed by atoms with E-state index in [0.717, 1.165) is 18.8 Å². The van der Waals surface area contributed by atoms with Gasteiger partial charge in [-0.3, -0.25) is 4.79 Å². The molecule has 0 bridgehead atoms. The first-order valence-electron chi connectivity index (χ1n) is 8.20. The van der Waals surface area contributed by atoms with E-state index < -0.39 is 0 Å². The predicted octanol–water partition coefficient (Wildman–Crippen LogP) is 2.42. The number of amides is 1. The topological polar surface area (TPSA) is 55.6 Å². The number of nitrogens with two attached hydrogens (primary N) is 1. The molecular weight excluding hydrogens is 252 g/mol. The molecule has 0 aromatic heterocycles. The first kappa shape index (κ1) is 17.4. The van der Waals surface area contributed by atoms with Crippen molar-refractivity contribution in [1.82, 2.24) is 4.90 Å². The minimum atomic E-state index is 0.219. The van der Waals surface area contributed by atoms with Crippen LogP contribution in [0.3, 0.4) is 0 Å². The van der Waals surface area contributed by atoms with Crippen molar-refractivity contribution < 1.29 is 9.53 Å². The Kier molecular flexibility index (Phi) is 8.86. The fourth-order valence-electron chi connectivity index (χ4n) is 3.14. The first-order valence-corrected chi connectivity index (χ1v) is 8.20. The normalized spacial score (nSPS) is 22.8. The summed E-state index contributed by atoms with van der Waals surface area (Å²) in [4.78, 5) is 14.4. The molecule has 0 aromatic carbocycles. The van der Waals surface area contributed by atoms with Gasteiger partial charge in [0.15, 0.2) is 0 Å². The van der Waals surface area contributed by atoms with Gasteiger partial charge in [-0.05, 0) is 31.6 Å². The molecule has 2 N–H and O–H groups in total. The van der Waals surface area contributed by atoms with Crippen LogP contribution in [-0.2, 0) is 9.53 Å². The standard InChI is InChI=1S/C16H32N2O2/c1-3-4-5-14-6-8-15(9-7-14)16(19)18(11-10-17)12-13-20-2/h14-15H,3-13,17H2,1-2H3. The van der Waals surface area contributed by atoms with E-state index in [2.05, 4.69) is 6.92 Å². The minimum absolute atomic E-state index is 0.219. The number of hydrogen-bond acceptors (Lipinski definition) is 3. The Labute approximate surface area is 124 Å². The van der Waals surface area contributed by atoms with Crippen molar-refractivity contribution in [3.63, 3.8) is 0 Å². The van der Waals surface area contributed by atoms with Crippen LogP contribution in [-0.4, -0.2) is 44.2 Å². The van der Waals surface area contributed by atoms with Crippen molar-refractivity contribution in [3.8, 4) is 0 Å². The zero-order valence-electron chi connectivity index (χ0n) is 13.3. The molecule has 1 aliphatic carbocycles. The highest BCUT2D eigenvalue weighted by atomic mass is 16.5. The lowest BCUT2D eigenvalue weighted by Crippen LogP contribution is -2.42. The molecule has 4 heteroatoms. The van der Waals surface area contributed by atoms with Crippen molar-refractivity contribution in [2.75, 3.05) is 33.4 Å². The van der Waals surface area contributed by atoms with E-state index in [1.165, 1.54) is 32.1 Å². The molecule has 1 rings (SSSR count). The fraction of sp³-hybridized carbons (Fsp3) is 0.938. The molecule has 1 amide bonds. The van der Waals surface area contributed by atoms with E-state index in [9.17, 15) is 4.79 Å². The van der Waals surface area contributed by atoms with Crippen molar-refractivity contribution >= 4 is 5.91 Å². The molecule has 0 atom stereocenters. The molecule has 1 aliphatic rings. The van der Waals surface area contributed by atoms with Gasteiger partial charge in [0, 0.05) is 32.7 Å². The summed E-state index contributed by atoms with van der Waals surface area (Å²) in [6.45, 7) is 4.69. The number of carbonyl (C=O) groups excluding carboxylic acids is 1. The van der Waals surface area contributed by atoms with Gasteiger partial charge in [0.2, 0.25) is 5.91 Å². The van der Waals surface area contributed by atoms with Crippen molar-refractivity contribution in [2.45, 2.75) is 51.9 Å². The van der Waals surface area contributed by atoms with E-state index >= 15 is 0 Å². The van der Waals surface area contributed by atoms with E-state index in [1.807, 2.05) is 4.90 Å². The largest absolute Gasteiger partial charge is 0.383 e. The third kappa shape index (κ3) is 5.80. The maximum Gasteiger partial charge on any atom is 0.225 e. The average Bonchev–Trinajstić information content (AvgIpc) is 2.49. The monoisotopic (exact) mass is 284 g/mol. The summed E-state index contributed by atoms with van der Waals surface area (Å²) >= 11 is 0. The zero-order chi connectivity index (χ0) is 14.8. The first-order chi connectivity index (χ1) is 9.72. The fourth-order valence-corrected chi connectivity index (χ4v) is 3.14. The molecular formula is C16H32N2O2. The number of methoxy groups -OCH3 is 1. The van der Waals surface area contributed by atoms with Crippen molar-refractivity contribution in [2.24, 2.45) is 17.6 Å². The van der Waals surface area contributed by atoms with Crippen LogP contribution in [0.15, 0.2) is 0 Å². The van der Waals surface area contributed by atoms with Gasteiger partial charge >= 0.3 is 0 Å². The van der Waals surface area contributed by atoms with Gasteiger partial charge in [0.05, 0.1) is 6.61 Å². The molecule has 0 saturated heterocycles. The maximum atomic E-state index is 12.5. The van der Waals surface area contributed by atoms with E-state index in [4.69, 9.17) is 10.5 Å². The third-order valence-corrected chi connectivity index (χ3v) is 4.44. The molecule has 118 valence electrons. The molecule has 0 aromatic rings. The van der Waals surface area contributed by atoms with Crippen molar-refractivity contribution in [3.05, 3.63) is 0 Å². The summed E-state index contributed by atoms with van der Waals surface area (Å²) in [6, 6.07) is 0. The van der Waals surface area contributed by atoms with Crippen molar-refractivity contribution in [1.29, 1.82) is 0 Å². The maximum absolute atomic E-state index is 12.5. The van der Waals surface area contributed by atoms with Crippen LogP contribution in [0.4, 0.5) is 0 Å². The molecule has 4 nitrogen and oxygen atoms in total. The quantitative estimate of drug-likeness (QED) is 0.707. The van der Waals surface area contributed by atoms with Crippen LogP contribution in [0.2, 0.25) is 0 Å². The van der Waals surface area contributed by atoms with E-state index in [-0.39, 0.29) is 5.92 Å². The molecule has 20 heavy (non-hydrogen) atoms. The lowest BCUT2D eigenvalue weighted by molar-refractivity contribution is -0.137. The lowest BCUT2D eigenvalue weighted by Gasteiger charge is -2.32. The van der Waals surface area contributed by atoms with E-state index in [1.54, 1.807) is 7.11 Å². The highest BCUT2D eigenvalue weighted by Crippen LogP contribution is 2.32. The van der Waals surface area contributed by atoms with Gasteiger partial charge in [0.25, 0.3) is 0 Å². The molecule has 0 radical (unpaired) electrons. The molecule has 0 heterocycles. The number of ether oxygens (including phenoxy) is 1. The van der Waals surface area contributed by atoms with Gasteiger partial charge in [-0.15, -0.1) is 0 Å². The van der Waals surface area contributed by atoms with Gasteiger partial charge in [-0.2, -0.15) is 0 Å². The summed E-state index contributed by atoms with van der Waals surface area (Å²) in [5, 5.41) is 0. The van der Waals surface area contributed by atoms with Crippen LogP contribution < -0.4 is 5.73 Å². The van der Waals surface area contributed by atoms with Crippen LogP contribution in [0.25, 0.3) is 0 Å². The SMILES string of the molecule is CCCCC1CCC(C(=O)N(CCN)CCOC)CC1. The smallest absolute Gasteiger partial charge is 0.225 e.